The Balaban J connectivity index is 1.45. The molecule has 5 nitrogen and oxygen atoms in total. The summed E-state index contributed by atoms with van der Waals surface area (Å²) in [6.07, 6.45) is 4.10. The fraction of sp³-hybridized carbons (Fsp3) is 0.375. The summed E-state index contributed by atoms with van der Waals surface area (Å²) in [5.74, 6) is 0.368. The van der Waals surface area contributed by atoms with Crippen molar-refractivity contribution < 1.29 is 9.53 Å². The van der Waals surface area contributed by atoms with E-state index in [1.807, 2.05) is 30.3 Å². The highest BCUT2D eigenvalue weighted by molar-refractivity contribution is 7.99. The summed E-state index contributed by atoms with van der Waals surface area (Å²) >= 11 is 1.41. The average Bonchev–Trinajstić information content (AvgIpc) is 3.23. The number of H-pyrrole nitrogens is 1. The van der Waals surface area contributed by atoms with Gasteiger partial charge < -0.3 is 15.0 Å². The molecule has 2 N–H and O–H groups in total. The highest BCUT2D eigenvalue weighted by Gasteiger charge is 2.16. The van der Waals surface area contributed by atoms with E-state index < -0.39 is 0 Å². The number of benzene rings is 1. The van der Waals surface area contributed by atoms with Gasteiger partial charge in [0.2, 0.25) is 5.91 Å². The zero-order valence-electron chi connectivity index (χ0n) is 12.2. The monoisotopic (exact) mass is 317 g/mol. The van der Waals surface area contributed by atoms with Crippen LogP contribution in [0.15, 0.2) is 41.7 Å². The summed E-state index contributed by atoms with van der Waals surface area (Å²) < 4.78 is 5.48. The van der Waals surface area contributed by atoms with E-state index in [-0.39, 0.29) is 12.0 Å². The van der Waals surface area contributed by atoms with Gasteiger partial charge in [0.15, 0.2) is 5.16 Å². The number of nitrogens with zero attached hydrogens (tertiary/aromatic N) is 1. The van der Waals surface area contributed by atoms with Crippen molar-refractivity contribution >= 4 is 17.7 Å². The lowest BCUT2D eigenvalue weighted by molar-refractivity contribution is -0.119. The van der Waals surface area contributed by atoms with Crippen molar-refractivity contribution in [2.24, 2.45) is 0 Å². The quantitative estimate of drug-likeness (QED) is 0.803. The van der Waals surface area contributed by atoms with Crippen LogP contribution in [0.25, 0.3) is 11.3 Å². The number of thioether (sulfide) groups is 1. The number of aromatic nitrogens is 2. The molecule has 22 heavy (non-hydrogen) atoms. The second kappa shape index (κ2) is 7.47. The zero-order chi connectivity index (χ0) is 15.2. The Hall–Kier alpha value is -1.79. The van der Waals surface area contributed by atoms with Crippen molar-refractivity contribution in [1.82, 2.24) is 15.3 Å². The largest absolute Gasteiger partial charge is 0.376 e. The zero-order valence-corrected chi connectivity index (χ0v) is 13.1. The van der Waals surface area contributed by atoms with Gasteiger partial charge in [0.25, 0.3) is 0 Å². The van der Waals surface area contributed by atoms with Gasteiger partial charge >= 0.3 is 0 Å². The Morgan fingerprint density at radius 3 is 3.05 bits per heavy atom. The number of amides is 1. The molecule has 0 aliphatic carbocycles. The summed E-state index contributed by atoms with van der Waals surface area (Å²) in [4.78, 5) is 19.4. The first-order valence-electron chi connectivity index (χ1n) is 7.43. The van der Waals surface area contributed by atoms with Crippen molar-refractivity contribution in [3.63, 3.8) is 0 Å². The van der Waals surface area contributed by atoms with E-state index in [1.54, 1.807) is 6.20 Å². The number of aromatic amines is 1. The first-order chi connectivity index (χ1) is 10.8. The van der Waals surface area contributed by atoms with Crippen molar-refractivity contribution in [2.75, 3.05) is 18.9 Å². The normalized spacial score (nSPS) is 17.5. The highest BCUT2D eigenvalue weighted by atomic mass is 32.2. The molecular formula is C16H19N3O2S. The Labute approximate surface area is 133 Å². The molecule has 1 aromatic heterocycles. The number of imidazole rings is 1. The summed E-state index contributed by atoms with van der Waals surface area (Å²) in [5.41, 5.74) is 2.05. The molecule has 1 unspecified atom stereocenters. The van der Waals surface area contributed by atoms with Crippen LogP contribution in [-0.4, -0.2) is 40.9 Å². The Kier molecular flexibility index (Phi) is 5.13. The summed E-state index contributed by atoms with van der Waals surface area (Å²) in [6.45, 7) is 1.41. The standard InChI is InChI=1S/C16H19N3O2S/c20-15(17-9-13-7-4-8-21-13)11-22-16-18-10-14(19-16)12-5-2-1-3-6-12/h1-3,5-6,10,13H,4,7-9,11H2,(H,17,20)(H,18,19). The maximum Gasteiger partial charge on any atom is 0.230 e. The maximum absolute atomic E-state index is 11.8. The lowest BCUT2D eigenvalue weighted by atomic mass is 10.2. The predicted octanol–water partition coefficient (Wildman–Crippen LogP) is 2.46. The summed E-state index contributed by atoms with van der Waals surface area (Å²) in [7, 11) is 0. The fourth-order valence-electron chi connectivity index (χ4n) is 2.36. The maximum atomic E-state index is 11.8. The lowest BCUT2D eigenvalue weighted by Crippen LogP contribution is -2.32. The molecule has 0 saturated carbocycles. The number of rotatable bonds is 6. The smallest absolute Gasteiger partial charge is 0.230 e. The second-order valence-corrected chi connectivity index (χ2v) is 6.16. The molecule has 1 aliphatic heterocycles. The molecule has 0 radical (unpaired) electrons. The fourth-order valence-corrected chi connectivity index (χ4v) is 3.04. The average molecular weight is 317 g/mol. The van der Waals surface area contributed by atoms with E-state index in [0.717, 1.165) is 35.9 Å². The van der Waals surface area contributed by atoms with Gasteiger partial charge in [-0.3, -0.25) is 4.79 Å². The van der Waals surface area contributed by atoms with E-state index in [9.17, 15) is 4.79 Å². The predicted molar refractivity (Wildman–Crippen MR) is 86.7 cm³/mol. The van der Waals surface area contributed by atoms with Crippen LogP contribution in [0.4, 0.5) is 0 Å². The molecule has 0 spiro atoms. The molecule has 1 aliphatic rings. The Morgan fingerprint density at radius 2 is 2.27 bits per heavy atom. The van der Waals surface area contributed by atoms with Crippen LogP contribution in [-0.2, 0) is 9.53 Å². The number of nitrogens with one attached hydrogen (secondary N) is 2. The van der Waals surface area contributed by atoms with E-state index >= 15 is 0 Å². The van der Waals surface area contributed by atoms with Gasteiger partial charge in [0.1, 0.15) is 0 Å². The van der Waals surface area contributed by atoms with Gasteiger partial charge in [-0.1, -0.05) is 42.1 Å². The minimum Gasteiger partial charge on any atom is -0.376 e. The van der Waals surface area contributed by atoms with Crippen LogP contribution in [0.1, 0.15) is 12.8 Å². The van der Waals surface area contributed by atoms with Crippen LogP contribution in [0.2, 0.25) is 0 Å². The third kappa shape index (κ3) is 4.11. The SMILES string of the molecule is O=C(CSc1ncc(-c2ccccc2)[nH]1)NCC1CCCO1. The van der Waals surface area contributed by atoms with Crippen LogP contribution in [0.3, 0.4) is 0 Å². The molecule has 6 heteroatoms. The molecule has 3 rings (SSSR count). The van der Waals surface area contributed by atoms with Gasteiger partial charge in [-0.25, -0.2) is 4.98 Å². The van der Waals surface area contributed by atoms with Crippen molar-refractivity contribution in [2.45, 2.75) is 24.1 Å². The van der Waals surface area contributed by atoms with Gasteiger partial charge in [-0.05, 0) is 18.4 Å². The molecule has 1 aromatic carbocycles. The Bertz CT molecular complexity index is 609. The van der Waals surface area contributed by atoms with Crippen LogP contribution >= 0.6 is 11.8 Å². The van der Waals surface area contributed by atoms with E-state index in [4.69, 9.17) is 4.74 Å². The first-order valence-corrected chi connectivity index (χ1v) is 8.41. The van der Waals surface area contributed by atoms with Crippen molar-refractivity contribution in [3.8, 4) is 11.3 Å². The summed E-state index contributed by atoms with van der Waals surface area (Å²) in [6, 6.07) is 10.0. The molecule has 2 heterocycles. The third-order valence-electron chi connectivity index (χ3n) is 3.53. The van der Waals surface area contributed by atoms with E-state index in [2.05, 4.69) is 15.3 Å². The first kappa shape index (κ1) is 15.1. The van der Waals surface area contributed by atoms with E-state index in [0.29, 0.717) is 12.3 Å². The van der Waals surface area contributed by atoms with Crippen LogP contribution in [0.5, 0.6) is 0 Å². The molecule has 1 saturated heterocycles. The van der Waals surface area contributed by atoms with Gasteiger partial charge in [-0.2, -0.15) is 0 Å². The second-order valence-electron chi connectivity index (χ2n) is 5.20. The molecule has 1 atom stereocenters. The lowest BCUT2D eigenvalue weighted by Gasteiger charge is -2.10. The van der Waals surface area contributed by atoms with Crippen LogP contribution in [0, 0.1) is 0 Å². The highest BCUT2D eigenvalue weighted by Crippen LogP contribution is 2.21. The van der Waals surface area contributed by atoms with Crippen molar-refractivity contribution in [3.05, 3.63) is 36.5 Å². The van der Waals surface area contributed by atoms with Gasteiger partial charge in [-0.15, -0.1) is 0 Å². The molecule has 116 valence electrons. The number of carbonyl (C=O) groups excluding carboxylic acids is 1. The Morgan fingerprint density at radius 1 is 1.41 bits per heavy atom. The topological polar surface area (TPSA) is 67.0 Å². The molecular weight excluding hydrogens is 298 g/mol. The number of ether oxygens (including phenoxy) is 1. The van der Waals surface area contributed by atoms with E-state index in [1.165, 1.54) is 11.8 Å². The summed E-state index contributed by atoms with van der Waals surface area (Å²) in [5, 5.41) is 3.66. The minimum absolute atomic E-state index is 0.0122. The van der Waals surface area contributed by atoms with Crippen LogP contribution < -0.4 is 5.32 Å². The van der Waals surface area contributed by atoms with Gasteiger partial charge in [0, 0.05) is 13.2 Å². The van der Waals surface area contributed by atoms with Crippen molar-refractivity contribution in [1.29, 1.82) is 0 Å². The molecule has 2 aromatic rings. The molecule has 1 fully saturated rings. The molecule has 1 amide bonds. The minimum atomic E-state index is 0.0122. The number of hydrogen-bond acceptors (Lipinski definition) is 4. The van der Waals surface area contributed by atoms with Gasteiger partial charge in [0.05, 0.1) is 23.7 Å². The molecule has 0 bridgehead atoms. The third-order valence-corrected chi connectivity index (χ3v) is 4.42. The number of hydrogen-bond donors (Lipinski definition) is 2. The number of carbonyl (C=O) groups is 1.